The molecule has 0 atom stereocenters. The highest BCUT2D eigenvalue weighted by atomic mass is 79.9. The molecule has 0 saturated heterocycles. The summed E-state index contributed by atoms with van der Waals surface area (Å²) < 4.78 is 50.2. The van der Waals surface area contributed by atoms with E-state index in [0.29, 0.717) is 8.66 Å². The van der Waals surface area contributed by atoms with Gasteiger partial charge in [-0.25, -0.2) is 22.0 Å². The number of benzene rings is 1. The average molecular weight is 411 g/mol. The lowest BCUT2D eigenvalue weighted by atomic mass is 10.3. The molecule has 0 fully saturated rings. The molecule has 2 rings (SSSR count). The smallest absolute Gasteiger partial charge is 0.263 e. The van der Waals surface area contributed by atoms with E-state index in [1.165, 1.54) is 41.7 Å². The number of hydrogen-bond acceptors (Lipinski definition) is 5. The minimum Gasteiger partial charge on any atom is -0.280 e. The molecule has 6 nitrogen and oxygen atoms in total. The van der Waals surface area contributed by atoms with Crippen LogP contribution in [-0.4, -0.2) is 16.8 Å². The Labute approximate surface area is 135 Å². The molecule has 0 saturated carbocycles. The Balaban J connectivity index is 2.40. The Morgan fingerprint density at radius 2 is 1.86 bits per heavy atom. The number of nitrogens with one attached hydrogen (secondary N) is 1. The SMILES string of the molecule is Cc1sc(Br)cc1S(=O)(=O)Nc1cccc(S(N)(=O)=O)c1. The first-order valence-electron chi connectivity index (χ1n) is 5.51. The second kappa shape index (κ2) is 5.69. The number of thiophene rings is 1. The van der Waals surface area contributed by atoms with Crippen molar-refractivity contribution in [3.63, 3.8) is 0 Å². The second-order valence-corrected chi connectivity index (χ2v) is 10.00. The van der Waals surface area contributed by atoms with Gasteiger partial charge >= 0.3 is 0 Å². The third kappa shape index (κ3) is 3.83. The lowest BCUT2D eigenvalue weighted by molar-refractivity contribution is 0.596. The van der Waals surface area contributed by atoms with Crippen molar-refractivity contribution in [3.05, 3.63) is 39.0 Å². The molecule has 0 aliphatic rings. The number of rotatable bonds is 4. The fourth-order valence-electron chi connectivity index (χ4n) is 1.64. The zero-order chi connectivity index (χ0) is 15.8. The summed E-state index contributed by atoms with van der Waals surface area (Å²) in [7, 11) is -7.68. The number of sulfonamides is 2. The summed E-state index contributed by atoms with van der Waals surface area (Å²) in [5.74, 6) is 0. The first kappa shape index (κ1) is 16.4. The van der Waals surface area contributed by atoms with E-state index in [-0.39, 0.29) is 15.5 Å². The number of primary sulfonamides is 1. The van der Waals surface area contributed by atoms with Crippen molar-refractivity contribution in [2.75, 3.05) is 4.72 Å². The van der Waals surface area contributed by atoms with Crippen LogP contribution >= 0.6 is 27.3 Å². The van der Waals surface area contributed by atoms with Crippen LogP contribution in [0.4, 0.5) is 5.69 Å². The van der Waals surface area contributed by atoms with Gasteiger partial charge in [-0.3, -0.25) is 4.72 Å². The highest BCUT2D eigenvalue weighted by Gasteiger charge is 2.20. The average Bonchev–Trinajstić information content (AvgIpc) is 2.68. The third-order valence-electron chi connectivity index (χ3n) is 2.55. The van der Waals surface area contributed by atoms with Crippen molar-refractivity contribution < 1.29 is 16.8 Å². The molecule has 1 aromatic carbocycles. The zero-order valence-corrected chi connectivity index (χ0v) is 14.7. The summed E-state index contributed by atoms with van der Waals surface area (Å²) in [6.45, 7) is 1.69. The van der Waals surface area contributed by atoms with E-state index in [4.69, 9.17) is 5.14 Å². The normalized spacial score (nSPS) is 12.3. The van der Waals surface area contributed by atoms with Crippen LogP contribution in [0.1, 0.15) is 4.88 Å². The molecule has 21 heavy (non-hydrogen) atoms. The van der Waals surface area contributed by atoms with Crippen LogP contribution in [0.15, 0.2) is 43.9 Å². The summed E-state index contributed by atoms with van der Waals surface area (Å²) in [6.07, 6.45) is 0. The minimum absolute atomic E-state index is 0.128. The Kier molecular flexibility index (Phi) is 4.45. The van der Waals surface area contributed by atoms with Gasteiger partial charge in [0.2, 0.25) is 10.0 Å². The molecule has 0 aliphatic heterocycles. The standard InChI is InChI=1S/C11H11BrN2O4S3/c1-7-10(6-11(12)19-7)21(17,18)14-8-3-2-4-9(5-8)20(13,15)16/h2-6,14H,1H3,(H2,13,15,16). The van der Waals surface area contributed by atoms with E-state index >= 15 is 0 Å². The Morgan fingerprint density at radius 3 is 2.38 bits per heavy atom. The summed E-state index contributed by atoms with van der Waals surface area (Å²) >= 11 is 4.52. The maximum absolute atomic E-state index is 12.3. The number of halogens is 1. The molecule has 0 aliphatic carbocycles. The quantitative estimate of drug-likeness (QED) is 0.805. The van der Waals surface area contributed by atoms with E-state index in [0.717, 1.165) is 0 Å². The summed E-state index contributed by atoms with van der Waals surface area (Å²) in [5, 5.41) is 5.02. The van der Waals surface area contributed by atoms with Gasteiger partial charge in [0, 0.05) is 4.88 Å². The van der Waals surface area contributed by atoms with Gasteiger partial charge in [0.25, 0.3) is 10.0 Å². The van der Waals surface area contributed by atoms with Crippen molar-refractivity contribution in [3.8, 4) is 0 Å². The van der Waals surface area contributed by atoms with Crippen molar-refractivity contribution in [1.82, 2.24) is 0 Å². The predicted molar refractivity (Wildman–Crippen MR) is 85.4 cm³/mol. The second-order valence-electron chi connectivity index (χ2n) is 4.15. The molecular formula is C11H11BrN2O4S3. The van der Waals surface area contributed by atoms with Crippen LogP contribution < -0.4 is 9.86 Å². The summed E-state index contributed by atoms with van der Waals surface area (Å²) in [5.41, 5.74) is 0.128. The van der Waals surface area contributed by atoms with E-state index < -0.39 is 20.0 Å². The van der Waals surface area contributed by atoms with Gasteiger partial charge in [0.1, 0.15) is 4.90 Å². The fourth-order valence-corrected chi connectivity index (χ4v) is 5.67. The van der Waals surface area contributed by atoms with E-state index in [9.17, 15) is 16.8 Å². The molecule has 0 radical (unpaired) electrons. The van der Waals surface area contributed by atoms with Crippen molar-refractivity contribution in [1.29, 1.82) is 0 Å². The molecule has 1 heterocycles. The monoisotopic (exact) mass is 410 g/mol. The summed E-state index contributed by atoms with van der Waals surface area (Å²) in [6, 6.07) is 6.81. The van der Waals surface area contributed by atoms with E-state index in [1.807, 2.05) is 0 Å². The minimum atomic E-state index is -3.89. The van der Waals surface area contributed by atoms with Crippen LogP contribution in [0.3, 0.4) is 0 Å². The first-order valence-corrected chi connectivity index (χ1v) is 10.1. The lowest BCUT2D eigenvalue weighted by Gasteiger charge is -2.08. The van der Waals surface area contributed by atoms with Gasteiger partial charge in [-0.15, -0.1) is 11.3 Å². The molecule has 10 heteroatoms. The molecule has 3 N–H and O–H groups in total. The molecule has 2 aromatic rings. The van der Waals surface area contributed by atoms with Crippen molar-refractivity contribution in [2.24, 2.45) is 5.14 Å². The largest absolute Gasteiger partial charge is 0.280 e. The molecule has 0 bridgehead atoms. The van der Waals surface area contributed by atoms with Gasteiger partial charge in [-0.2, -0.15) is 0 Å². The van der Waals surface area contributed by atoms with Gasteiger partial charge in [-0.05, 0) is 47.1 Å². The van der Waals surface area contributed by atoms with Crippen LogP contribution in [0, 0.1) is 6.92 Å². The third-order valence-corrected chi connectivity index (χ3v) is 6.65. The Hall–Kier alpha value is -0.940. The van der Waals surface area contributed by atoms with Crippen LogP contribution in [0.2, 0.25) is 0 Å². The highest BCUT2D eigenvalue weighted by Crippen LogP contribution is 2.31. The number of nitrogens with two attached hydrogens (primary N) is 1. The molecule has 0 amide bonds. The molecule has 0 spiro atoms. The first-order chi connectivity index (χ1) is 9.59. The predicted octanol–water partition coefficient (Wildman–Crippen LogP) is 2.27. The maximum Gasteiger partial charge on any atom is 0.263 e. The summed E-state index contributed by atoms with van der Waals surface area (Å²) in [4.78, 5) is 0.600. The zero-order valence-electron chi connectivity index (χ0n) is 10.7. The molecule has 0 unspecified atom stereocenters. The van der Waals surface area contributed by atoms with Gasteiger partial charge in [-0.1, -0.05) is 6.07 Å². The van der Waals surface area contributed by atoms with Gasteiger partial charge in [0.05, 0.1) is 14.4 Å². The van der Waals surface area contributed by atoms with Crippen LogP contribution in [-0.2, 0) is 20.0 Å². The van der Waals surface area contributed by atoms with E-state index in [2.05, 4.69) is 20.7 Å². The molecule has 1 aromatic heterocycles. The molecular weight excluding hydrogens is 400 g/mol. The van der Waals surface area contributed by atoms with Gasteiger partial charge in [0.15, 0.2) is 0 Å². The number of aryl methyl sites for hydroxylation is 1. The van der Waals surface area contributed by atoms with Crippen molar-refractivity contribution in [2.45, 2.75) is 16.7 Å². The van der Waals surface area contributed by atoms with Crippen LogP contribution in [0.5, 0.6) is 0 Å². The van der Waals surface area contributed by atoms with E-state index in [1.54, 1.807) is 6.92 Å². The lowest BCUT2D eigenvalue weighted by Crippen LogP contribution is -2.15. The molecule has 114 valence electrons. The van der Waals surface area contributed by atoms with Gasteiger partial charge < -0.3 is 0 Å². The highest BCUT2D eigenvalue weighted by molar-refractivity contribution is 9.11. The van der Waals surface area contributed by atoms with Crippen molar-refractivity contribution >= 4 is 53.0 Å². The van der Waals surface area contributed by atoms with Crippen LogP contribution in [0.25, 0.3) is 0 Å². The maximum atomic E-state index is 12.3. The Morgan fingerprint density at radius 1 is 1.19 bits per heavy atom. The topological polar surface area (TPSA) is 106 Å². The fraction of sp³-hybridized carbons (Fsp3) is 0.0909. The number of hydrogen-bond donors (Lipinski definition) is 2. The number of anilines is 1. The Bertz CT molecular complexity index is 888.